The highest BCUT2D eigenvalue weighted by Gasteiger charge is 2.11. The minimum absolute atomic E-state index is 0.0561. The number of amides is 1. The molecule has 0 spiro atoms. The van der Waals surface area contributed by atoms with Gasteiger partial charge in [0.2, 0.25) is 5.95 Å². The Morgan fingerprint density at radius 3 is 2.58 bits per heavy atom. The lowest BCUT2D eigenvalue weighted by atomic mass is 10.1. The number of nitrogens with zero attached hydrogens (tertiary/aromatic N) is 4. The van der Waals surface area contributed by atoms with Crippen molar-refractivity contribution in [2.75, 3.05) is 43.0 Å². The normalized spacial score (nSPS) is 18.5. The maximum Gasteiger partial charge on any atom is 0.252 e. The number of hydrogen-bond acceptors (Lipinski definition) is 7. The van der Waals surface area contributed by atoms with Crippen LogP contribution in [0.1, 0.15) is 15.8 Å². The van der Waals surface area contributed by atoms with E-state index in [-0.39, 0.29) is 25.5 Å². The van der Waals surface area contributed by atoms with Crippen LogP contribution in [0, 0.1) is 11.3 Å². The zero-order valence-electron chi connectivity index (χ0n) is 20.5. The first-order valence-electron chi connectivity index (χ1n) is 11.6. The number of nitrogens with one attached hydrogen (secondary N) is 2. The highest BCUT2D eigenvalue weighted by Crippen LogP contribution is 2.22. The van der Waals surface area contributed by atoms with Crippen LogP contribution in [0.15, 0.2) is 60.8 Å². The smallest absolute Gasteiger partial charge is 0.252 e. The van der Waals surface area contributed by atoms with Crippen LogP contribution >= 0.6 is 0 Å². The SMILES string of the molecule is [2H]C1([2H])CN(c2ccc(Nc3nccc(-c4ccc(C(=O)NCC#N)cc4)n3)cc2)CC([2H])([2H])O1. The molecule has 1 saturated heterocycles. The summed E-state index contributed by atoms with van der Waals surface area (Å²) in [5, 5.41) is 14.2. The van der Waals surface area contributed by atoms with Gasteiger partial charge in [0.05, 0.1) is 30.4 Å². The van der Waals surface area contributed by atoms with Crippen LogP contribution in [0.25, 0.3) is 11.3 Å². The van der Waals surface area contributed by atoms with Gasteiger partial charge in [-0.15, -0.1) is 0 Å². The molecule has 0 bridgehead atoms. The Balaban J connectivity index is 1.44. The second-order valence-electron chi connectivity index (χ2n) is 6.60. The second kappa shape index (κ2) is 9.69. The lowest BCUT2D eigenvalue weighted by Gasteiger charge is -2.28. The van der Waals surface area contributed by atoms with Crippen molar-refractivity contribution in [3.63, 3.8) is 0 Å². The number of hydrogen-bond donors (Lipinski definition) is 2. The van der Waals surface area contributed by atoms with Crippen LogP contribution in [0.2, 0.25) is 0 Å². The molecule has 8 heteroatoms. The predicted octanol–water partition coefficient (Wildman–Crippen LogP) is 2.98. The van der Waals surface area contributed by atoms with Crippen molar-refractivity contribution >= 4 is 23.2 Å². The van der Waals surface area contributed by atoms with Gasteiger partial charge < -0.3 is 20.3 Å². The van der Waals surface area contributed by atoms with Gasteiger partial charge in [0.15, 0.2) is 0 Å². The summed E-state index contributed by atoms with van der Waals surface area (Å²) in [5.74, 6) is 0.0427. The molecule has 0 aliphatic carbocycles. The maximum atomic E-state index is 12.0. The monoisotopic (exact) mass is 418 g/mol. The highest BCUT2D eigenvalue weighted by atomic mass is 16.5. The number of rotatable bonds is 6. The summed E-state index contributed by atoms with van der Waals surface area (Å²) in [7, 11) is 0. The Hall–Kier alpha value is -3.96. The predicted molar refractivity (Wildman–Crippen MR) is 118 cm³/mol. The second-order valence-corrected chi connectivity index (χ2v) is 6.60. The number of benzene rings is 2. The van der Waals surface area contributed by atoms with Crippen molar-refractivity contribution in [3.05, 3.63) is 66.4 Å². The van der Waals surface area contributed by atoms with Gasteiger partial charge in [-0.2, -0.15) is 5.26 Å². The molecule has 8 nitrogen and oxygen atoms in total. The van der Waals surface area contributed by atoms with Crippen molar-refractivity contribution in [3.8, 4) is 17.3 Å². The fraction of sp³-hybridized carbons (Fsp3) is 0.217. The van der Waals surface area contributed by atoms with Gasteiger partial charge in [0.1, 0.15) is 6.54 Å². The van der Waals surface area contributed by atoms with Gasteiger partial charge in [0.25, 0.3) is 5.91 Å². The summed E-state index contributed by atoms with van der Waals surface area (Å²) in [5.41, 5.74) is 3.26. The van der Waals surface area contributed by atoms with Crippen LogP contribution in [0.5, 0.6) is 0 Å². The number of anilines is 3. The lowest BCUT2D eigenvalue weighted by Crippen LogP contribution is -2.36. The quantitative estimate of drug-likeness (QED) is 0.593. The van der Waals surface area contributed by atoms with Crippen molar-refractivity contribution in [1.82, 2.24) is 15.3 Å². The first-order chi connectivity index (χ1) is 16.6. The van der Waals surface area contributed by atoms with Crippen molar-refractivity contribution in [2.24, 2.45) is 0 Å². The first kappa shape index (κ1) is 15.8. The van der Waals surface area contributed by atoms with Crippen LogP contribution in [-0.4, -0.2) is 48.6 Å². The molecular weight excluding hydrogens is 392 g/mol. The Labute approximate surface area is 186 Å². The largest absolute Gasteiger partial charge is 0.378 e. The molecule has 2 aromatic carbocycles. The molecule has 1 fully saturated rings. The third kappa shape index (κ3) is 5.15. The van der Waals surface area contributed by atoms with Gasteiger partial charge in [-0.25, -0.2) is 9.97 Å². The number of nitriles is 1. The van der Waals surface area contributed by atoms with E-state index in [1.165, 1.54) is 0 Å². The molecule has 0 saturated carbocycles. The average Bonchev–Trinajstić information content (AvgIpc) is 2.81. The van der Waals surface area contributed by atoms with Gasteiger partial charge >= 0.3 is 0 Å². The molecule has 0 atom stereocenters. The molecule has 4 rings (SSSR count). The number of carbonyl (C=O) groups is 1. The molecule has 1 aliphatic heterocycles. The van der Waals surface area contributed by atoms with Gasteiger partial charge in [0, 0.05) is 41.8 Å². The summed E-state index contributed by atoms with van der Waals surface area (Å²) in [6, 6.07) is 17.5. The van der Waals surface area contributed by atoms with Crippen molar-refractivity contribution in [1.29, 1.82) is 5.26 Å². The average molecular weight is 418 g/mol. The van der Waals surface area contributed by atoms with Crippen LogP contribution < -0.4 is 15.5 Å². The van der Waals surface area contributed by atoms with Gasteiger partial charge in [-0.05, 0) is 42.5 Å². The zero-order valence-corrected chi connectivity index (χ0v) is 16.5. The molecule has 31 heavy (non-hydrogen) atoms. The van der Waals surface area contributed by atoms with E-state index in [1.54, 1.807) is 65.7 Å². The van der Waals surface area contributed by atoms with E-state index in [1.807, 2.05) is 6.07 Å². The highest BCUT2D eigenvalue weighted by molar-refractivity contribution is 5.94. The maximum absolute atomic E-state index is 12.0. The summed E-state index contributed by atoms with van der Waals surface area (Å²) < 4.78 is 36.1. The van der Waals surface area contributed by atoms with E-state index in [0.717, 1.165) is 5.56 Å². The first-order valence-corrected chi connectivity index (χ1v) is 9.55. The molecule has 1 aliphatic rings. The van der Waals surface area contributed by atoms with Gasteiger partial charge in [-0.3, -0.25) is 4.79 Å². The van der Waals surface area contributed by atoms with E-state index in [2.05, 4.69) is 20.6 Å². The standard InChI is InChI=1S/C23H22N6O2/c24-10-12-25-22(30)18-3-1-17(2-4-18)21-9-11-26-23(28-21)27-19-5-7-20(8-6-19)29-13-15-31-16-14-29/h1-9,11H,12-16H2,(H,25,30)(H,26,27,28)/i15D2,16D2. The molecule has 2 N–H and O–H groups in total. The van der Waals surface area contributed by atoms with Crippen LogP contribution in [-0.2, 0) is 4.74 Å². The van der Waals surface area contributed by atoms with E-state index < -0.39 is 13.1 Å². The fourth-order valence-electron chi connectivity index (χ4n) is 2.99. The fourth-order valence-corrected chi connectivity index (χ4v) is 2.99. The molecule has 3 aromatic rings. The van der Waals surface area contributed by atoms with E-state index >= 15 is 0 Å². The molecule has 1 aromatic heterocycles. The van der Waals surface area contributed by atoms with Crippen LogP contribution in [0.3, 0.4) is 0 Å². The summed E-state index contributed by atoms with van der Waals surface area (Å²) in [4.78, 5) is 22.3. The minimum atomic E-state index is -2.09. The third-order valence-electron chi connectivity index (χ3n) is 4.57. The molecule has 0 unspecified atom stereocenters. The number of morpholine rings is 1. The number of ether oxygens (including phenoxy) is 1. The third-order valence-corrected chi connectivity index (χ3v) is 4.57. The Kier molecular flexibility index (Phi) is 4.95. The molecule has 0 radical (unpaired) electrons. The Morgan fingerprint density at radius 1 is 1.13 bits per heavy atom. The summed E-state index contributed by atoms with van der Waals surface area (Å²) in [6.07, 6.45) is 1.62. The topological polar surface area (TPSA) is 103 Å². The van der Waals surface area contributed by atoms with Crippen molar-refractivity contribution in [2.45, 2.75) is 0 Å². The van der Waals surface area contributed by atoms with E-state index in [4.69, 9.17) is 15.5 Å². The van der Waals surface area contributed by atoms with Gasteiger partial charge in [-0.1, -0.05) is 12.1 Å². The van der Waals surface area contributed by atoms with Crippen molar-refractivity contribution < 1.29 is 15.0 Å². The molecular formula is C23H22N6O2. The van der Waals surface area contributed by atoms with E-state index in [0.29, 0.717) is 28.6 Å². The lowest BCUT2D eigenvalue weighted by molar-refractivity contribution is 0.0958. The molecule has 156 valence electrons. The number of aromatic nitrogens is 2. The Morgan fingerprint density at radius 2 is 1.87 bits per heavy atom. The summed E-state index contributed by atoms with van der Waals surface area (Å²) in [6.45, 7) is -4.40. The summed E-state index contributed by atoms with van der Waals surface area (Å²) >= 11 is 0. The molecule has 2 heterocycles. The van der Waals surface area contributed by atoms with Crippen LogP contribution in [0.4, 0.5) is 17.3 Å². The Bertz CT molecular complexity index is 1230. The zero-order chi connectivity index (χ0) is 25.1. The minimum Gasteiger partial charge on any atom is -0.378 e. The molecule has 1 amide bonds. The van der Waals surface area contributed by atoms with E-state index in [9.17, 15) is 4.79 Å². The number of carbonyl (C=O) groups excluding carboxylic acids is 1.